The molecule has 1 aliphatic rings. The molecule has 1 aromatic carbocycles. The minimum absolute atomic E-state index is 0.660. The van der Waals surface area contributed by atoms with Gasteiger partial charge in [0, 0.05) is 54.1 Å². The Morgan fingerprint density at radius 3 is 2.77 bits per heavy atom. The molecule has 30 heavy (non-hydrogen) atoms. The van der Waals surface area contributed by atoms with E-state index in [-0.39, 0.29) is 0 Å². The number of aryl methyl sites for hydroxylation is 1. The van der Waals surface area contributed by atoms with E-state index in [0.29, 0.717) is 17.4 Å². The van der Waals surface area contributed by atoms with Gasteiger partial charge in [-0.15, -0.1) is 0 Å². The number of likely N-dealkylation sites (N-methyl/N-ethyl adjacent to an activating group) is 1. The van der Waals surface area contributed by atoms with Crippen LogP contribution >= 0.6 is 11.6 Å². The maximum absolute atomic E-state index is 6.85. The smallest absolute Gasteiger partial charge is 0.171 e. The van der Waals surface area contributed by atoms with E-state index in [1.54, 1.807) is 19.5 Å². The number of hydrogen-bond donors (Lipinski definition) is 0. The number of fused-ring (bicyclic) bond motifs is 2. The van der Waals surface area contributed by atoms with Gasteiger partial charge >= 0.3 is 0 Å². The molecule has 0 atom stereocenters. The van der Waals surface area contributed by atoms with E-state index in [1.165, 1.54) is 0 Å². The molecule has 0 bridgehead atoms. The Morgan fingerprint density at radius 1 is 1.07 bits per heavy atom. The van der Waals surface area contributed by atoms with Crippen molar-refractivity contribution in [3.05, 3.63) is 53.9 Å². The predicted octanol–water partition coefficient (Wildman–Crippen LogP) is 4.79. The molecule has 0 aliphatic carbocycles. The van der Waals surface area contributed by atoms with Gasteiger partial charge in [0.2, 0.25) is 0 Å². The van der Waals surface area contributed by atoms with Crippen LogP contribution in [0.2, 0.25) is 5.02 Å². The van der Waals surface area contributed by atoms with Gasteiger partial charge in [-0.25, -0.2) is 4.98 Å². The van der Waals surface area contributed by atoms with Gasteiger partial charge in [-0.05, 0) is 24.3 Å². The molecule has 3 aromatic heterocycles. The molecule has 152 valence electrons. The highest BCUT2D eigenvalue weighted by Crippen LogP contribution is 2.39. The second-order valence-electron chi connectivity index (χ2n) is 7.38. The number of rotatable bonds is 3. The summed E-state index contributed by atoms with van der Waals surface area (Å²) in [7, 11) is 5.69. The number of methoxy groups -OCH3 is 1. The molecule has 0 saturated heterocycles. The number of halogens is 1. The van der Waals surface area contributed by atoms with Crippen molar-refractivity contribution in [1.29, 1.82) is 0 Å². The number of benzene rings is 1. The summed E-state index contributed by atoms with van der Waals surface area (Å²) in [5.41, 5.74) is 4.90. The van der Waals surface area contributed by atoms with Gasteiger partial charge < -0.3 is 18.9 Å². The maximum atomic E-state index is 6.85. The van der Waals surface area contributed by atoms with E-state index in [0.717, 1.165) is 51.4 Å². The third-order valence-corrected chi connectivity index (χ3v) is 6.00. The summed E-state index contributed by atoms with van der Waals surface area (Å²) in [5.74, 6) is 2.37. The molecular formula is C23H21ClN4O2. The zero-order valence-electron chi connectivity index (χ0n) is 17.0. The predicted molar refractivity (Wildman–Crippen MR) is 120 cm³/mol. The molecular weight excluding hydrogens is 400 g/mol. The first-order chi connectivity index (χ1) is 14.6. The van der Waals surface area contributed by atoms with Crippen LogP contribution in [0, 0.1) is 0 Å². The molecule has 0 saturated carbocycles. The van der Waals surface area contributed by atoms with Crippen LogP contribution in [0.5, 0.6) is 11.5 Å². The van der Waals surface area contributed by atoms with Crippen molar-refractivity contribution < 1.29 is 9.47 Å². The number of hydrogen-bond acceptors (Lipinski definition) is 5. The van der Waals surface area contributed by atoms with Crippen molar-refractivity contribution in [2.45, 2.75) is 0 Å². The molecule has 0 amide bonds. The highest BCUT2D eigenvalue weighted by molar-refractivity contribution is 6.38. The van der Waals surface area contributed by atoms with E-state index in [9.17, 15) is 0 Å². The SMILES string of the molecule is COc1cncc(-c2ccc3c(cc(-c4cnc5c(c4)OCCN5C)n3C)c2Cl)c1. The fraction of sp³-hybridized carbons (Fsp3) is 0.217. The minimum atomic E-state index is 0.660. The average molecular weight is 421 g/mol. The topological polar surface area (TPSA) is 52.4 Å². The fourth-order valence-corrected chi connectivity index (χ4v) is 4.25. The first kappa shape index (κ1) is 18.8. The summed E-state index contributed by atoms with van der Waals surface area (Å²) < 4.78 is 13.3. The highest BCUT2D eigenvalue weighted by Gasteiger charge is 2.19. The summed E-state index contributed by atoms with van der Waals surface area (Å²) >= 11 is 6.85. The fourth-order valence-electron chi connectivity index (χ4n) is 3.92. The van der Waals surface area contributed by atoms with E-state index < -0.39 is 0 Å². The summed E-state index contributed by atoms with van der Waals surface area (Å²) in [4.78, 5) is 11.0. The molecule has 6 nitrogen and oxygen atoms in total. The Labute approximate surface area is 179 Å². The summed E-state index contributed by atoms with van der Waals surface area (Å²) in [5, 5.41) is 1.66. The normalized spacial score (nSPS) is 13.3. The number of anilines is 1. The molecule has 0 unspecified atom stereocenters. The molecule has 1 aliphatic heterocycles. The molecule has 5 rings (SSSR count). The zero-order valence-corrected chi connectivity index (χ0v) is 17.8. The van der Waals surface area contributed by atoms with Gasteiger partial charge in [0.25, 0.3) is 0 Å². The number of ether oxygens (including phenoxy) is 2. The van der Waals surface area contributed by atoms with Crippen molar-refractivity contribution >= 4 is 28.3 Å². The van der Waals surface area contributed by atoms with Gasteiger partial charge in [0.1, 0.15) is 12.4 Å². The van der Waals surface area contributed by atoms with Crippen molar-refractivity contribution in [3.8, 4) is 33.9 Å². The van der Waals surface area contributed by atoms with Crippen LogP contribution in [0.25, 0.3) is 33.3 Å². The lowest BCUT2D eigenvalue weighted by Crippen LogP contribution is -2.29. The van der Waals surface area contributed by atoms with Crippen molar-refractivity contribution in [3.63, 3.8) is 0 Å². The van der Waals surface area contributed by atoms with Crippen LogP contribution in [-0.4, -0.2) is 41.8 Å². The molecule has 0 fully saturated rings. The number of aromatic nitrogens is 3. The van der Waals surface area contributed by atoms with Crippen molar-refractivity contribution in [1.82, 2.24) is 14.5 Å². The van der Waals surface area contributed by atoms with Crippen molar-refractivity contribution in [2.24, 2.45) is 7.05 Å². The highest BCUT2D eigenvalue weighted by atomic mass is 35.5. The average Bonchev–Trinajstić information content (AvgIpc) is 3.11. The van der Waals surface area contributed by atoms with Crippen LogP contribution in [0.3, 0.4) is 0 Å². The quantitative estimate of drug-likeness (QED) is 0.477. The van der Waals surface area contributed by atoms with E-state index in [1.807, 2.05) is 38.5 Å². The lowest BCUT2D eigenvalue weighted by Gasteiger charge is -2.26. The van der Waals surface area contributed by atoms with E-state index in [2.05, 4.69) is 31.6 Å². The molecule has 0 N–H and O–H groups in total. The Balaban J connectivity index is 1.63. The zero-order chi connectivity index (χ0) is 20.8. The monoisotopic (exact) mass is 420 g/mol. The van der Waals surface area contributed by atoms with Crippen LogP contribution in [0.1, 0.15) is 0 Å². The number of pyridine rings is 2. The van der Waals surface area contributed by atoms with E-state index in [4.69, 9.17) is 21.1 Å². The third kappa shape index (κ3) is 2.95. The summed E-state index contributed by atoms with van der Waals surface area (Å²) in [6, 6.07) is 10.2. The Bertz CT molecular complexity index is 1270. The third-order valence-electron chi connectivity index (χ3n) is 5.59. The Hall–Kier alpha value is -3.25. The molecule has 0 spiro atoms. The second-order valence-corrected chi connectivity index (χ2v) is 7.76. The number of nitrogens with zero attached hydrogens (tertiary/aromatic N) is 4. The molecule has 7 heteroatoms. The largest absolute Gasteiger partial charge is 0.495 e. The van der Waals surface area contributed by atoms with E-state index >= 15 is 0 Å². The Morgan fingerprint density at radius 2 is 1.93 bits per heavy atom. The maximum Gasteiger partial charge on any atom is 0.171 e. The van der Waals surface area contributed by atoms with Crippen LogP contribution < -0.4 is 14.4 Å². The second kappa shape index (κ2) is 7.22. The summed E-state index contributed by atoms with van der Waals surface area (Å²) in [6.45, 7) is 1.50. The van der Waals surface area contributed by atoms with Gasteiger partial charge in [-0.3, -0.25) is 4.98 Å². The van der Waals surface area contributed by atoms with Crippen LogP contribution in [-0.2, 0) is 7.05 Å². The lowest BCUT2D eigenvalue weighted by atomic mass is 10.1. The lowest BCUT2D eigenvalue weighted by molar-refractivity contribution is 0.309. The minimum Gasteiger partial charge on any atom is -0.495 e. The standard InChI is InChI=1S/C23H21ClN4O2/c1-27-6-7-30-21-9-15(12-26-23(21)27)20-10-18-19(28(20)2)5-4-17(22(18)24)14-8-16(29-3)13-25-11-14/h4-5,8-13H,6-7H2,1-3H3. The van der Waals surface area contributed by atoms with Gasteiger partial charge in [0.05, 0.1) is 30.6 Å². The van der Waals surface area contributed by atoms with Gasteiger partial charge in [-0.2, -0.15) is 0 Å². The summed E-state index contributed by atoms with van der Waals surface area (Å²) in [6.07, 6.45) is 5.36. The molecule has 4 heterocycles. The molecule has 4 aromatic rings. The van der Waals surface area contributed by atoms with Crippen LogP contribution in [0.15, 0.2) is 48.9 Å². The molecule has 0 radical (unpaired) electrons. The van der Waals surface area contributed by atoms with Gasteiger partial charge in [-0.1, -0.05) is 17.7 Å². The van der Waals surface area contributed by atoms with Gasteiger partial charge in [0.15, 0.2) is 11.6 Å². The van der Waals surface area contributed by atoms with Crippen molar-refractivity contribution in [2.75, 3.05) is 32.2 Å². The van der Waals surface area contributed by atoms with Crippen LogP contribution in [0.4, 0.5) is 5.82 Å². The first-order valence-corrected chi connectivity index (χ1v) is 10.1. The Kier molecular flexibility index (Phi) is 4.51. The first-order valence-electron chi connectivity index (χ1n) is 9.68.